The molecule has 1 fully saturated rings. The molecule has 2 rings (SSSR count). The average Bonchev–Trinajstić information content (AvgIpc) is 2.27. The molecular formula is C14H16O4S. The lowest BCUT2D eigenvalue weighted by molar-refractivity contribution is -0.122. The standard InChI is InChI=1S/C14H16O4S/c1-8-5-10(6-15)9(2)11-12(8)19(17,18)7-14(3,4)13(11)16/h5,7H2,1-4H3. The molecule has 0 radical (unpaired) electrons. The van der Waals surface area contributed by atoms with Crippen molar-refractivity contribution in [1.29, 1.82) is 0 Å². The molecule has 4 nitrogen and oxygen atoms in total. The number of hydrogen-bond donors (Lipinski definition) is 0. The van der Waals surface area contributed by atoms with E-state index in [0.717, 1.165) is 0 Å². The molecule has 5 heteroatoms. The topological polar surface area (TPSA) is 68.3 Å². The molecule has 2 aliphatic rings. The SMILES string of the molecule is CC1=C2C(=C(C)C(=C=O)C1)C(=O)C(C)(C)CS2(=O)=O. The summed E-state index contributed by atoms with van der Waals surface area (Å²) in [5.41, 5.74) is 0.625. The summed E-state index contributed by atoms with van der Waals surface area (Å²) in [4.78, 5) is 23.6. The number of ketones is 1. The van der Waals surface area contributed by atoms with Crippen molar-refractivity contribution in [3.8, 4) is 0 Å². The number of Topliss-reactive ketones (excluding diaryl/α,β-unsaturated/α-hetero) is 1. The Morgan fingerprint density at radius 2 is 1.79 bits per heavy atom. The van der Waals surface area contributed by atoms with Crippen LogP contribution in [-0.2, 0) is 19.4 Å². The van der Waals surface area contributed by atoms with Gasteiger partial charge in [-0.05, 0) is 25.0 Å². The van der Waals surface area contributed by atoms with E-state index in [1.54, 1.807) is 27.7 Å². The van der Waals surface area contributed by atoms with Crippen molar-refractivity contribution in [2.24, 2.45) is 5.41 Å². The predicted molar refractivity (Wildman–Crippen MR) is 71.8 cm³/mol. The number of hydrogen-bond acceptors (Lipinski definition) is 4. The summed E-state index contributed by atoms with van der Waals surface area (Å²) < 4.78 is 24.8. The molecule has 102 valence electrons. The van der Waals surface area contributed by atoms with Crippen LogP contribution in [0.3, 0.4) is 0 Å². The van der Waals surface area contributed by atoms with Crippen LogP contribution in [0.15, 0.2) is 27.2 Å². The van der Waals surface area contributed by atoms with E-state index in [1.807, 2.05) is 5.94 Å². The Kier molecular flexibility index (Phi) is 2.96. The Morgan fingerprint density at radius 3 is 2.32 bits per heavy atom. The molecule has 1 heterocycles. The second kappa shape index (κ2) is 4.02. The molecule has 0 bridgehead atoms. The van der Waals surface area contributed by atoms with E-state index in [2.05, 4.69) is 0 Å². The first-order valence-electron chi connectivity index (χ1n) is 6.05. The van der Waals surface area contributed by atoms with Gasteiger partial charge in [0.25, 0.3) is 0 Å². The van der Waals surface area contributed by atoms with E-state index in [9.17, 15) is 18.0 Å². The van der Waals surface area contributed by atoms with Crippen LogP contribution in [0.4, 0.5) is 0 Å². The summed E-state index contributed by atoms with van der Waals surface area (Å²) in [6.45, 7) is 6.52. The van der Waals surface area contributed by atoms with Crippen LogP contribution >= 0.6 is 0 Å². The van der Waals surface area contributed by atoms with Crippen molar-refractivity contribution in [3.63, 3.8) is 0 Å². The van der Waals surface area contributed by atoms with Gasteiger partial charge in [-0.1, -0.05) is 13.8 Å². The summed E-state index contributed by atoms with van der Waals surface area (Å²) >= 11 is 0. The quantitative estimate of drug-likeness (QED) is 0.634. The molecule has 0 aromatic carbocycles. The van der Waals surface area contributed by atoms with E-state index < -0.39 is 15.3 Å². The van der Waals surface area contributed by atoms with Crippen molar-refractivity contribution >= 4 is 21.6 Å². The molecule has 0 saturated carbocycles. The summed E-state index contributed by atoms with van der Waals surface area (Å²) in [6.07, 6.45) is 0.251. The molecule has 19 heavy (non-hydrogen) atoms. The first-order valence-corrected chi connectivity index (χ1v) is 7.70. The van der Waals surface area contributed by atoms with E-state index >= 15 is 0 Å². The third-order valence-corrected chi connectivity index (χ3v) is 5.99. The molecule has 0 spiro atoms. The van der Waals surface area contributed by atoms with E-state index in [4.69, 9.17) is 0 Å². The second-order valence-electron chi connectivity index (χ2n) is 5.84. The summed E-state index contributed by atoms with van der Waals surface area (Å²) in [7, 11) is -3.48. The van der Waals surface area contributed by atoms with Crippen LogP contribution in [0.1, 0.15) is 34.1 Å². The minimum Gasteiger partial charge on any atom is -0.293 e. The highest BCUT2D eigenvalue weighted by atomic mass is 32.2. The van der Waals surface area contributed by atoms with Crippen LogP contribution in [0.2, 0.25) is 0 Å². The maximum Gasteiger partial charge on any atom is 0.180 e. The zero-order valence-corrected chi connectivity index (χ0v) is 12.3. The maximum absolute atomic E-state index is 12.5. The van der Waals surface area contributed by atoms with Gasteiger partial charge in [0.05, 0.1) is 10.7 Å². The fourth-order valence-electron chi connectivity index (χ4n) is 2.77. The maximum atomic E-state index is 12.5. The number of rotatable bonds is 0. The van der Waals surface area contributed by atoms with Crippen molar-refractivity contribution in [2.75, 3.05) is 5.75 Å². The number of allylic oxidation sites excluding steroid dienone is 4. The van der Waals surface area contributed by atoms with E-state index in [-0.39, 0.29) is 28.4 Å². The fraction of sp³-hybridized carbons (Fsp3) is 0.500. The molecule has 1 saturated heterocycles. The lowest BCUT2D eigenvalue weighted by Crippen LogP contribution is -2.42. The van der Waals surface area contributed by atoms with Gasteiger partial charge in [0.2, 0.25) is 0 Å². The summed E-state index contributed by atoms with van der Waals surface area (Å²) in [5.74, 6) is 1.43. The Bertz CT molecular complexity index is 696. The minimum absolute atomic E-state index is 0.133. The average molecular weight is 280 g/mol. The van der Waals surface area contributed by atoms with Crippen molar-refractivity contribution in [1.82, 2.24) is 0 Å². The summed E-state index contributed by atoms with van der Waals surface area (Å²) in [6, 6.07) is 0. The Hall–Kier alpha value is -1.45. The van der Waals surface area contributed by atoms with E-state index in [0.29, 0.717) is 16.7 Å². The smallest absolute Gasteiger partial charge is 0.180 e. The van der Waals surface area contributed by atoms with Crippen molar-refractivity contribution < 1.29 is 18.0 Å². The van der Waals surface area contributed by atoms with Crippen LogP contribution in [0, 0.1) is 5.41 Å². The van der Waals surface area contributed by atoms with Gasteiger partial charge in [0, 0.05) is 23.0 Å². The number of carbonyl (C=O) groups excluding carboxylic acids is 2. The first-order chi connectivity index (χ1) is 8.62. The van der Waals surface area contributed by atoms with Gasteiger partial charge in [0.15, 0.2) is 15.6 Å². The van der Waals surface area contributed by atoms with Gasteiger partial charge in [-0.15, -0.1) is 0 Å². The third kappa shape index (κ3) is 1.94. The molecule has 0 aromatic rings. The van der Waals surface area contributed by atoms with Gasteiger partial charge < -0.3 is 0 Å². The zero-order valence-electron chi connectivity index (χ0n) is 11.5. The third-order valence-electron chi connectivity index (χ3n) is 3.71. The highest BCUT2D eigenvalue weighted by molar-refractivity contribution is 7.95. The zero-order chi connectivity index (χ0) is 14.6. The number of carbonyl (C=O) groups is 1. The van der Waals surface area contributed by atoms with Gasteiger partial charge in [-0.25, -0.2) is 13.2 Å². The molecule has 0 aromatic heterocycles. The predicted octanol–water partition coefficient (Wildman–Crippen LogP) is 1.76. The van der Waals surface area contributed by atoms with Gasteiger partial charge in [-0.3, -0.25) is 4.79 Å². The number of fused-ring (bicyclic) bond motifs is 1. The first kappa shape index (κ1) is 14.0. The minimum atomic E-state index is -3.48. The molecular weight excluding hydrogens is 264 g/mol. The van der Waals surface area contributed by atoms with Crippen LogP contribution in [-0.4, -0.2) is 25.9 Å². The van der Waals surface area contributed by atoms with Crippen molar-refractivity contribution in [3.05, 3.63) is 27.2 Å². The van der Waals surface area contributed by atoms with E-state index in [1.165, 1.54) is 0 Å². The molecule has 0 unspecified atom stereocenters. The molecule has 0 amide bonds. The monoisotopic (exact) mass is 280 g/mol. The Morgan fingerprint density at radius 1 is 1.21 bits per heavy atom. The lowest BCUT2D eigenvalue weighted by atomic mass is 9.79. The second-order valence-corrected chi connectivity index (χ2v) is 7.77. The van der Waals surface area contributed by atoms with Crippen LogP contribution in [0.5, 0.6) is 0 Å². The molecule has 0 N–H and O–H groups in total. The van der Waals surface area contributed by atoms with Gasteiger partial charge >= 0.3 is 0 Å². The number of sulfone groups is 1. The van der Waals surface area contributed by atoms with Crippen LogP contribution < -0.4 is 0 Å². The lowest BCUT2D eigenvalue weighted by Gasteiger charge is -2.35. The van der Waals surface area contributed by atoms with Gasteiger partial charge in [-0.2, -0.15) is 0 Å². The summed E-state index contributed by atoms with van der Waals surface area (Å²) in [5, 5.41) is 0. The molecule has 1 aliphatic carbocycles. The molecule has 1 aliphatic heterocycles. The normalized spacial score (nSPS) is 25.3. The van der Waals surface area contributed by atoms with Crippen molar-refractivity contribution in [2.45, 2.75) is 34.1 Å². The fourth-order valence-corrected chi connectivity index (χ4v) is 5.16. The highest BCUT2D eigenvalue weighted by Gasteiger charge is 2.47. The Labute approximate surface area is 112 Å². The largest absolute Gasteiger partial charge is 0.293 e. The Balaban J connectivity index is 2.87. The van der Waals surface area contributed by atoms with Crippen LogP contribution in [0.25, 0.3) is 0 Å². The highest BCUT2D eigenvalue weighted by Crippen LogP contribution is 2.44. The van der Waals surface area contributed by atoms with Gasteiger partial charge in [0.1, 0.15) is 5.94 Å². The molecule has 0 atom stereocenters.